The second kappa shape index (κ2) is 9.65. The molecule has 1 fully saturated rings. The normalized spacial score (nSPS) is 17.0. The van der Waals surface area contributed by atoms with Crippen LogP contribution in [0.5, 0.6) is 0 Å². The molecule has 1 aliphatic rings. The van der Waals surface area contributed by atoms with Gasteiger partial charge in [0.25, 0.3) is 0 Å². The van der Waals surface area contributed by atoms with Crippen molar-refractivity contribution in [2.24, 2.45) is 11.7 Å². The summed E-state index contributed by atoms with van der Waals surface area (Å²) in [5.74, 6) is 0.478. The molecule has 5 heteroatoms. The Balaban J connectivity index is 1.56. The van der Waals surface area contributed by atoms with E-state index >= 15 is 0 Å². The van der Waals surface area contributed by atoms with Crippen molar-refractivity contribution >= 4 is 5.91 Å². The Hall–Kier alpha value is -1.43. The summed E-state index contributed by atoms with van der Waals surface area (Å²) in [6.45, 7) is 5.75. The standard InChI is InChI=1S/C18H28N2O3/c1-14-3-5-16(6-4-14)17(19)18(21)20-9-2-10-23-13-15-7-11-22-12-8-15/h3-6,15,17H,2,7-13,19H2,1H3,(H,20,21). The van der Waals surface area contributed by atoms with Crippen molar-refractivity contribution in [3.63, 3.8) is 0 Å². The lowest BCUT2D eigenvalue weighted by molar-refractivity contribution is -0.122. The summed E-state index contributed by atoms with van der Waals surface area (Å²) in [6, 6.07) is 7.12. The minimum absolute atomic E-state index is 0.140. The van der Waals surface area contributed by atoms with Gasteiger partial charge in [0, 0.05) is 33.0 Å². The van der Waals surface area contributed by atoms with Crippen molar-refractivity contribution in [2.75, 3.05) is 33.0 Å². The number of hydrogen-bond donors (Lipinski definition) is 2. The topological polar surface area (TPSA) is 73.6 Å². The average molecular weight is 320 g/mol. The molecular weight excluding hydrogens is 292 g/mol. The number of nitrogens with one attached hydrogen (secondary N) is 1. The number of hydrogen-bond acceptors (Lipinski definition) is 4. The number of rotatable bonds is 8. The van der Waals surface area contributed by atoms with Gasteiger partial charge in [-0.05, 0) is 37.7 Å². The number of carbonyl (C=O) groups excluding carboxylic acids is 1. The first-order valence-corrected chi connectivity index (χ1v) is 8.42. The predicted octanol–water partition coefficient (Wildman–Crippen LogP) is 1.94. The van der Waals surface area contributed by atoms with E-state index in [4.69, 9.17) is 15.2 Å². The molecule has 1 heterocycles. The summed E-state index contributed by atoms with van der Waals surface area (Å²) >= 11 is 0. The van der Waals surface area contributed by atoms with E-state index in [1.165, 1.54) is 0 Å². The molecule has 23 heavy (non-hydrogen) atoms. The van der Waals surface area contributed by atoms with Crippen molar-refractivity contribution in [3.8, 4) is 0 Å². The van der Waals surface area contributed by atoms with Crippen LogP contribution in [0, 0.1) is 12.8 Å². The zero-order chi connectivity index (χ0) is 16.5. The van der Waals surface area contributed by atoms with Crippen LogP contribution in [0.15, 0.2) is 24.3 Å². The minimum Gasteiger partial charge on any atom is -0.381 e. The molecule has 1 saturated heterocycles. The van der Waals surface area contributed by atoms with E-state index in [-0.39, 0.29) is 5.91 Å². The summed E-state index contributed by atoms with van der Waals surface area (Å²) < 4.78 is 11.0. The summed E-state index contributed by atoms with van der Waals surface area (Å²) in [5, 5.41) is 2.87. The first-order valence-electron chi connectivity index (χ1n) is 8.42. The molecule has 1 atom stereocenters. The predicted molar refractivity (Wildman–Crippen MR) is 90.1 cm³/mol. The number of aryl methyl sites for hydroxylation is 1. The number of ether oxygens (including phenoxy) is 2. The SMILES string of the molecule is Cc1ccc(C(N)C(=O)NCCCOCC2CCOCC2)cc1. The number of benzene rings is 1. The van der Waals surface area contributed by atoms with Crippen LogP contribution in [0.2, 0.25) is 0 Å². The molecule has 1 amide bonds. The van der Waals surface area contributed by atoms with Crippen LogP contribution in [0.1, 0.15) is 36.4 Å². The Morgan fingerprint density at radius 1 is 1.35 bits per heavy atom. The van der Waals surface area contributed by atoms with Crippen LogP contribution in [-0.2, 0) is 14.3 Å². The highest BCUT2D eigenvalue weighted by molar-refractivity contribution is 5.82. The van der Waals surface area contributed by atoms with Crippen LogP contribution < -0.4 is 11.1 Å². The fraction of sp³-hybridized carbons (Fsp3) is 0.611. The fourth-order valence-corrected chi connectivity index (χ4v) is 2.58. The molecule has 3 N–H and O–H groups in total. The largest absolute Gasteiger partial charge is 0.381 e. The highest BCUT2D eigenvalue weighted by atomic mass is 16.5. The summed E-state index contributed by atoms with van der Waals surface area (Å²) in [4.78, 5) is 12.0. The average Bonchev–Trinajstić information content (AvgIpc) is 2.58. The highest BCUT2D eigenvalue weighted by Crippen LogP contribution is 2.14. The van der Waals surface area contributed by atoms with Crippen LogP contribution in [0.25, 0.3) is 0 Å². The molecule has 1 aromatic carbocycles. The van der Waals surface area contributed by atoms with Crippen molar-refractivity contribution in [1.29, 1.82) is 0 Å². The maximum absolute atomic E-state index is 12.0. The Kier molecular flexibility index (Phi) is 7.52. The second-order valence-corrected chi connectivity index (χ2v) is 6.16. The zero-order valence-corrected chi connectivity index (χ0v) is 13.9. The lowest BCUT2D eigenvalue weighted by Crippen LogP contribution is -2.35. The Labute approximate surface area is 138 Å². The van der Waals surface area contributed by atoms with E-state index in [0.29, 0.717) is 19.1 Å². The molecule has 0 radical (unpaired) electrons. The van der Waals surface area contributed by atoms with E-state index in [1.54, 1.807) is 0 Å². The quantitative estimate of drug-likeness (QED) is 0.718. The fourth-order valence-electron chi connectivity index (χ4n) is 2.58. The number of amides is 1. The van der Waals surface area contributed by atoms with E-state index in [0.717, 1.165) is 50.2 Å². The lowest BCUT2D eigenvalue weighted by atomic mass is 10.0. The van der Waals surface area contributed by atoms with E-state index in [1.807, 2.05) is 31.2 Å². The Morgan fingerprint density at radius 2 is 2.04 bits per heavy atom. The van der Waals surface area contributed by atoms with Gasteiger partial charge in [-0.25, -0.2) is 0 Å². The second-order valence-electron chi connectivity index (χ2n) is 6.16. The number of nitrogens with two attached hydrogens (primary N) is 1. The van der Waals surface area contributed by atoms with Gasteiger partial charge in [0.05, 0.1) is 0 Å². The molecule has 0 saturated carbocycles. The third kappa shape index (κ3) is 6.29. The smallest absolute Gasteiger partial charge is 0.241 e. The lowest BCUT2D eigenvalue weighted by Gasteiger charge is -2.21. The van der Waals surface area contributed by atoms with Gasteiger partial charge in [0.1, 0.15) is 6.04 Å². The van der Waals surface area contributed by atoms with Gasteiger partial charge in [0.15, 0.2) is 0 Å². The Morgan fingerprint density at radius 3 is 2.74 bits per heavy atom. The van der Waals surface area contributed by atoms with Gasteiger partial charge in [0.2, 0.25) is 5.91 Å². The molecule has 0 bridgehead atoms. The van der Waals surface area contributed by atoms with Gasteiger partial charge in [-0.1, -0.05) is 29.8 Å². The first kappa shape index (κ1) is 17.9. The molecule has 2 rings (SSSR count). The van der Waals surface area contributed by atoms with Crippen LogP contribution >= 0.6 is 0 Å². The molecular formula is C18H28N2O3. The van der Waals surface area contributed by atoms with Gasteiger partial charge in [-0.2, -0.15) is 0 Å². The summed E-state index contributed by atoms with van der Waals surface area (Å²) in [5.41, 5.74) is 7.96. The third-order valence-corrected chi connectivity index (χ3v) is 4.18. The highest BCUT2D eigenvalue weighted by Gasteiger charge is 2.15. The zero-order valence-electron chi connectivity index (χ0n) is 13.9. The van der Waals surface area contributed by atoms with Gasteiger partial charge in [-0.3, -0.25) is 4.79 Å². The van der Waals surface area contributed by atoms with Crippen molar-refractivity contribution in [2.45, 2.75) is 32.2 Å². The molecule has 0 aromatic heterocycles. The third-order valence-electron chi connectivity index (χ3n) is 4.18. The molecule has 0 spiro atoms. The van der Waals surface area contributed by atoms with E-state index in [2.05, 4.69) is 5.32 Å². The van der Waals surface area contributed by atoms with Crippen LogP contribution in [0.3, 0.4) is 0 Å². The van der Waals surface area contributed by atoms with Gasteiger partial charge < -0.3 is 20.5 Å². The molecule has 128 valence electrons. The van der Waals surface area contributed by atoms with Gasteiger partial charge in [-0.15, -0.1) is 0 Å². The van der Waals surface area contributed by atoms with Crippen LogP contribution in [-0.4, -0.2) is 38.9 Å². The van der Waals surface area contributed by atoms with E-state index in [9.17, 15) is 4.79 Å². The van der Waals surface area contributed by atoms with E-state index < -0.39 is 6.04 Å². The molecule has 5 nitrogen and oxygen atoms in total. The molecule has 1 aromatic rings. The van der Waals surface area contributed by atoms with Gasteiger partial charge >= 0.3 is 0 Å². The summed E-state index contributed by atoms with van der Waals surface area (Å²) in [6.07, 6.45) is 2.97. The van der Waals surface area contributed by atoms with Crippen molar-refractivity contribution in [1.82, 2.24) is 5.32 Å². The summed E-state index contributed by atoms with van der Waals surface area (Å²) in [7, 11) is 0. The monoisotopic (exact) mass is 320 g/mol. The van der Waals surface area contributed by atoms with Crippen LogP contribution in [0.4, 0.5) is 0 Å². The molecule has 1 aliphatic heterocycles. The number of carbonyl (C=O) groups is 1. The Bertz CT molecular complexity index is 470. The maximum atomic E-state index is 12.0. The van der Waals surface area contributed by atoms with Crippen molar-refractivity contribution < 1.29 is 14.3 Å². The molecule has 1 unspecified atom stereocenters. The minimum atomic E-state index is -0.612. The maximum Gasteiger partial charge on any atom is 0.241 e. The first-order chi connectivity index (χ1) is 11.2. The molecule has 0 aliphatic carbocycles. The van der Waals surface area contributed by atoms with Crippen molar-refractivity contribution in [3.05, 3.63) is 35.4 Å².